The maximum Gasteiger partial charge on any atom is 0.335 e. The maximum absolute atomic E-state index is 11.4. The molecule has 168 valence electrons. The lowest BCUT2D eigenvalue weighted by Gasteiger charge is -2.13. The van der Waals surface area contributed by atoms with Crippen LogP contribution in [0.5, 0.6) is 0 Å². The van der Waals surface area contributed by atoms with Gasteiger partial charge in [0.25, 0.3) is 0 Å². The lowest BCUT2D eigenvalue weighted by atomic mass is 9.93. The quantitative estimate of drug-likeness (QED) is 0.317. The Morgan fingerprint density at radius 3 is 2.50 bits per heavy atom. The van der Waals surface area contributed by atoms with E-state index in [1.54, 1.807) is 24.3 Å². The number of unbranched alkanes of at least 4 members (excludes halogenated alkanes) is 1. The number of benzene rings is 3. The molecule has 0 heterocycles. The number of hydrogen-bond donors (Lipinski definition) is 3. The van der Waals surface area contributed by atoms with Crippen LogP contribution in [0, 0.1) is 0 Å². The van der Waals surface area contributed by atoms with E-state index in [9.17, 15) is 15.0 Å². The molecule has 0 amide bonds. The van der Waals surface area contributed by atoms with Crippen molar-refractivity contribution in [3.05, 3.63) is 94.0 Å². The van der Waals surface area contributed by atoms with Gasteiger partial charge in [-0.2, -0.15) is 0 Å². The number of aromatic carboxylic acids is 1. The molecule has 4 nitrogen and oxygen atoms in total. The Morgan fingerprint density at radius 2 is 1.81 bits per heavy atom. The molecular formula is C27H30ClNO3. The molecule has 0 radical (unpaired) electrons. The molecule has 0 saturated carbocycles. The Hall–Kier alpha value is -2.66. The van der Waals surface area contributed by atoms with Crippen molar-refractivity contribution in [1.82, 2.24) is 5.32 Å². The summed E-state index contributed by atoms with van der Waals surface area (Å²) in [6.45, 7) is 3.36. The zero-order valence-electron chi connectivity index (χ0n) is 18.4. The Bertz CT molecular complexity index is 1030. The number of carboxylic acid groups (broad SMARTS) is 1. The lowest BCUT2D eigenvalue weighted by molar-refractivity contribution is 0.0696. The van der Waals surface area contributed by atoms with Gasteiger partial charge in [-0.25, -0.2) is 4.79 Å². The third kappa shape index (κ3) is 6.67. The van der Waals surface area contributed by atoms with Gasteiger partial charge in [-0.1, -0.05) is 67.4 Å². The number of halogens is 1. The van der Waals surface area contributed by atoms with Gasteiger partial charge < -0.3 is 15.5 Å². The van der Waals surface area contributed by atoms with E-state index in [0.29, 0.717) is 17.1 Å². The molecule has 0 aliphatic carbocycles. The molecule has 0 spiro atoms. The minimum atomic E-state index is -0.891. The molecule has 0 bridgehead atoms. The van der Waals surface area contributed by atoms with Crippen LogP contribution in [-0.4, -0.2) is 29.3 Å². The fourth-order valence-corrected chi connectivity index (χ4v) is 3.94. The van der Waals surface area contributed by atoms with Crippen LogP contribution in [0.4, 0.5) is 0 Å². The number of rotatable bonds is 11. The van der Waals surface area contributed by atoms with Gasteiger partial charge in [0, 0.05) is 11.6 Å². The van der Waals surface area contributed by atoms with Crippen LogP contribution in [0.1, 0.15) is 52.9 Å². The fourth-order valence-electron chi connectivity index (χ4n) is 3.74. The monoisotopic (exact) mass is 451 g/mol. The second kappa shape index (κ2) is 11.8. The number of aryl methyl sites for hydroxylation is 1. The molecule has 0 unspecified atom stereocenters. The number of hydrogen-bond acceptors (Lipinski definition) is 3. The average Bonchev–Trinajstić information content (AvgIpc) is 2.80. The summed E-state index contributed by atoms with van der Waals surface area (Å²) in [7, 11) is 0. The fraction of sp³-hybridized carbons (Fsp3) is 0.296. The van der Waals surface area contributed by atoms with E-state index < -0.39 is 12.1 Å². The van der Waals surface area contributed by atoms with Gasteiger partial charge in [0.1, 0.15) is 0 Å². The van der Waals surface area contributed by atoms with Gasteiger partial charge in [-0.3, -0.25) is 0 Å². The second-order valence-electron chi connectivity index (χ2n) is 8.00. The second-order valence-corrected chi connectivity index (χ2v) is 8.44. The van der Waals surface area contributed by atoms with Crippen LogP contribution in [0.15, 0.2) is 66.7 Å². The highest BCUT2D eigenvalue weighted by Crippen LogP contribution is 2.27. The van der Waals surface area contributed by atoms with E-state index in [4.69, 9.17) is 11.6 Å². The maximum atomic E-state index is 11.4. The number of aliphatic hydroxyl groups excluding tert-OH is 1. The zero-order chi connectivity index (χ0) is 22.9. The molecular weight excluding hydrogens is 422 g/mol. The highest BCUT2D eigenvalue weighted by atomic mass is 35.5. The average molecular weight is 452 g/mol. The lowest BCUT2D eigenvalue weighted by Crippen LogP contribution is -2.23. The van der Waals surface area contributed by atoms with Crippen LogP contribution >= 0.6 is 11.6 Å². The van der Waals surface area contributed by atoms with Gasteiger partial charge in [0.05, 0.1) is 11.7 Å². The van der Waals surface area contributed by atoms with Crippen LogP contribution in [0.2, 0.25) is 5.02 Å². The minimum absolute atomic E-state index is 0.336. The Balaban J connectivity index is 1.58. The summed E-state index contributed by atoms with van der Waals surface area (Å²) in [5, 5.41) is 23.5. The molecule has 3 aromatic carbocycles. The zero-order valence-corrected chi connectivity index (χ0v) is 19.1. The molecule has 3 rings (SSSR count). The predicted octanol–water partition coefficient (Wildman–Crippen LogP) is 5.91. The van der Waals surface area contributed by atoms with E-state index in [2.05, 4.69) is 36.5 Å². The van der Waals surface area contributed by atoms with Crippen LogP contribution in [-0.2, 0) is 12.8 Å². The van der Waals surface area contributed by atoms with Crippen molar-refractivity contribution in [2.24, 2.45) is 0 Å². The number of carboxylic acids is 1. The summed E-state index contributed by atoms with van der Waals surface area (Å²) in [5.41, 5.74) is 5.62. The van der Waals surface area contributed by atoms with Crippen LogP contribution in [0.3, 0.4) is 0 Å². The third-order valence-electron chi connectivity index (χ3n) is 5.58. The van der Waals surface area contributed by atoms with E-state index >= 15 is 0 Å². The van der Waals surface area contributed by atoms with Crippen molar-refractivity contribution in [3.8, 4) is 11.1 Å². The summed E-state index contributed by atoms with van der Waals surface area (Å²) in [6.07, 6.45) is 3.22. The van der Waals surface area contributed by atoms with E-state index in [0.717, 1.165) is 54.5 Å². The molecule has 3 N–H and O–H groups in total. The van der Waals surface area contributed by atoms with Gasteiger partial charge in [0.15, 0.2) is 0 Å². The summed E-state index contributed by atoms with van der Waals surface area (Å²) in [5.74, 6) is -0.891. The van der Waals surface area contributed by atoms with Crippen molar-refractivity contribution >= 4 is 17.6 Å². The predicted molar refractivity (Wildman–Crippen MR) is 130 cm³/mol. The molecule has 0 aliphatic heterocycles. The van der Waals surface area contributed by atoms with Crippen molar-refractivity contribution in [2.75, 3.05) is 13.1 Å². The Labute approximate surface area is 194 Å². The van der Waals surface area contributed by atoms with Crippen molar-refractivity contribution in [2.45, 2.75) is 38.7 Å². The molecule has 0 aliphatic rings. The number of aliphatic hydroxyl groups is 1. The Morgan fingerprint density at radius 1 is 1.03 bits per heavy atom. The van der Waals surface area contributed by atoms with Crippen molar-refractivity contribution in [1.29, 1.82) is 0 Å². The molecule has 32 heavy (non-hydrogen) atoms. The number of carbonyl (C=O) groups is 1. The van der Waals surface area contributed by atoms with E-state index in [1.807, 2.05) is 18.2 Å². The first-order valence-corrected chi connectivity index (χ1v) is 11.5. The summed E-state index contributed by atoms with van der Waals surface area (Å²) >= 11 is 5.99. The summed E-state index contributed by atoms with van der Waals surface area (Å²) < 4.78 is 0. The first-order chi connectivity index (χ1) is 15.5. The Kier molecular flexibility index (Phi) is 8.86. The first kappa shape index (κ1) is 24.0. The first-order valence-electron chi connectivity index (χ1n) is 11.1. The molecule has 0 saturated heterocycles. The minimum Gasteiger partial charge on any atom is -0.478 e. The third-order valence-corrected chi connectivity index (χ3v) is 5.81. The van der Waals surface area contributed by atoms with E-state index in [-0.39, 0.29) is 0 Å². The molecule has 0 fully saturated rings. The van der Waals surface area contributed by atoms with E-state index in [1.165, 1.54) is 5.56 Å². The highest BCUT2D eigenvalue weighted by molar-refractivity contribution is 6.30. The molecule has 0 aromatic heterocycles. The van der Waals surface area contributed by atoms with Crippen LogP contribution in [0.25, 0.3) is 11.1 Å². The van der Waals surface area contributed by atoms with Crippen molar-refractivity contribution < 1.29 is 15.0 Å². The smallest absolute Gasteiger partial charge is 0.335 e. The van der Waals surface area contributed by atoms with Crippen molar-refractivity contribution in [3.63, 3.8) is 0 Å². The summed E-state index contributed by atoms with van der Waals surface area (Å²) in [6, 6.07) is 21.1. The molecule has 1 atom stereocenters. The molecule has 5 heteroatoms. The largest absolute Gasteiger partial charge is 0.478 e. The topological polar surface area (TPSA) is 69.6 Å². The standard InChI is InChI=1S/C27H30ClNO3/c1-2-3-5-21-16-23(27(31)32)12-13-25(21)20-10-8-19(9-11-20)14-15-29-18-26(30)22-6-4-7-24(28)17-22/h4,6-13,16-17,26,29-30H,2-3,5,14-15,18H2,1H3,(H,31,32)/t26-/m0/s1. The van der Waals surface area contributed by atoms with Crippen LogP contribution < -0.4 is 5.32 Å². The SMILES string of the molecule is CCCCc1cc(C(=O)O)ccc1-c1ccc(CCNC[C@H](O)c2cccc(Cl)c2)cc1. The molecule has 3 aromatic rings. The van der Waals surface area contributed by atoms with Gasteiger partial charge in [-0.15, -0.1) is 0 Å². The normalized spacial score (nSPS) is 12.0. The van der Waals surface area contributed by atoms with Gasteiger partial charge in [0.2, 0.25) is 0 Å². The van der Waals surface area contributed by atoms with Gasteiger partial charge in [-0.05, 0) is 77.9 Å². The number of nitrogens with one attached hydrogen (secondary N) is 1. The highest BCUT2D eigenvalue weighted by Gasteiger charge is 2.11. The summed E-state index contributed by atoms with van der Waals surface area (Å²) in [4.78, 5) is 11.4. The van der Waals surface area contributed by atoms with Gasteiger partial charge >= 0.3 is 5.97 Å².